The van der Waals surface area contributed by atoms with Crippen molar-refractivity contribution in [2.75, 3.05) is 26.3 Å². The van der Waals surface area contributed by atoms with Crippen molar-refractivity contribution in [1.82, 2.24) is 24.9 Å². The Morgan fingerprint density at radius 2 is 2.33 bits per heavy atom. The standard InChI is InChI=1S/C16H21N5O3/c1-3-20(9-12-6-7-24-10-12)16(23)13-8-17-21(11(13)2)14-4-5-15(22)19-18-14/h4-5,8,12H,3,6-7,9-10H2,1-2H3,(H,19,22)/t12-/m1/s1. The number of ether oxygens (including phenoxy) is 1. The molecule has 0 saturated carbocycles. The van der Waals surface area contributed by atoms with Gasteiger partial charge in [0.25, 0.3) is 11.5 Å². The molecular formula is C16H21N5O3. The molecule has 1 fully saturated rings. The Morgan fingerprint density at radius 1 is 1.50 bits per heavy atom. The van der Waals surface area contributed by atoms with Crippen LogP contribution in [0.15, 0.2) is 23.1 Å². The second-order valence-electron chi connectivity index (χ2n) is 5.91. The molecule has 0 unspecified atom stereocenters. The molecule has 0 spiro atoms. The molecule has 24 heavy (non-hydrogen) atoms. The molecule has 1 N–H and O–H groups in total. The van der Waals surface area contributed by atoms with E-state index in [-0.39, 0.29) is 11.5 Å². The number of rotatable bonds is 5. The van der Waals surface area contributed by atoms with Crippen molar-refractivity contribution in [3.05, 3.63) is 39.9 Å². The molecule has 1 saturated heterocycles. The third-order valence-corrected chi connectivity index (χ3v) is 4.29. The minimum absolute atomic E-state index is 0.0439. The van der Waals surface area contributed by atoms with E-state index in [2.05, 4.69) is 15.3 Å². The lowest BCUT2D eigenvalue weighted by Gasteiger charge is -2.23. The third kappa shape index (κ3) is 3.23. The smallest absolute Gasteiger partial charge is 0.264 e. The summed E-state index contributed by atoms with van der Waals surface area (Å²) in [5.41, 5.74) is 0.959. The van der Waals surface area contributed by atoms with Crippen molar-refractivity contribution in [2.24, 2.45) is 5.92 Å². The molecule has 0 aliphatic carbocycles. The van der Waals surface area contributed by atoms with Gasteiger partial charge in [-0.1, -0.05) is 0 Å². The van der Waals surface area contributed by atoms with Crippen LogP contribution >= 0.6 is 0 Å². The molecule has 0 aromatic carbocycles. The van der Waals surface area contributed by atoms with Crippen molar-refractivity contribution in [3.63, 3.8) is 0 Å². The number of carbonyl (C=O) groups is 1. The molecule has 1 aliphatic heterocycles. The number of hydrogen-bond acceptors (Lipinski definition) is 5. The third-order valence-electron chi connectivity index (χ3n) is 4.29. The molecule has 0 bridgehead atoms. The van der Waals surface area contributed by atoms with E-state index in [1.807, 2.05) is 18.7 Å². The van der Waals surface area contributed by atoms with Gasteiger partial charge in [-0.25, -0.2) is 9.78 Å². The molecule has 1 atom stereocenters. The fourth-order valence-corrected chi connectivity index (χ4v) is 2.87. The van der Waals surface area contributed by atoms with Gasteiger partial charge in [-0.2, -0.15) is 10.2 Å². The zero-order chi connectivity index (χ0) is 17.1. The lowest BCUT2D eigenvalue weighted by molar-refractivity contribution is 0.0730. The molecular weight excluding hydrogens is 310 g/mol. The Morgan fingerprint density at radius 3 is 2.96 bits per heavy atom. The summed E-state index contributed by atoms with van der Waals surface area (Å²) in [6.07, 6.45) is 2.54. The normalized spacial score (nSPS) is 17.2. The first-order valence-corrected chi connectivity index (χ1v) is 8.08. The minimum atomic E-state index is -0.282. The van der Waals surface area contributed by atoms with Crippen LogP contribution in [0.2, 0.25) is 0 Å². The number of carbonyl (C=O) groups excluding carboxylic acids is 1. The number of amides is 1. The van der Waals surface area contributed by atoms with E-state index in [0.717, 1.165) is 13.0 Å². The molecule has 8 nitrogen and oxygen atoms in total. The van der Waals surface area contributed by atoms with Crippen molar-refractivity contribution in [2.45, 2.75) is 20.3 Å². The van der Waals surface area contributed by atoms with Gasteiger partial charge in [-0.15, -0.1) is 0 Å². The predicted octanol–water partition coefficient (Wildman–Crippen LogP) is 0.763. The largest absolute Gasteiger partial charge is 0.381 e. The highest BCUT2D eigenvalue weighted by atomic mass is 16.5. The van der Waals surface area contributed by atoms with E-state index < -0.39 is 0 Å². The van der Waals surface area contributed by atoms with Gasteiger partial charge in [0.1, 0.15) is 0 Å². The van der Waals surface area contributed by atoms with Crippen LogP contribution in [0, 0.1) is 12.8 Å². The van der Waals surface area contributed by atoms with E-state index in [9.17, 15) is 9.59 Å². The van der Waals surface area contributed by atoms with Crippen LogP contribution < -0.4 is 5.56 Å². The number of hydrogen-bond donors (Lipinski definition) is 1. The number of H-pyrrole nitrogens is 1. The van der Waals surface area contributed by atoms with Crippen LogP contribution in [0.3, 0.4) is 0 Å². The first kappa shape index (κ1) is 16.4. The summed E-state index contributed by atoms with van der Waals surface area (Å²) < 4.78 is 6.94. The van der Waals surface area contributed by atoms with E-state index in [4.69, 9.17) is 4.74 Å². The average Bonchev–Trinajstić information content (AvgIpc) is 3.22. The maximum atomic E-state index is 12.8. The second kappa shape index (κ2) is 6.96. The highest BCUT2D eigenvalue weighted by molar-refractivity contribution is 5.95. The zero-order valence-corrected chi connectivity index (χ0v) is 13.9. The molecule has 3 rings (SSSR count). The summed E-state index contributed by atoms with van der Waals surface area (Å²) in [6, 6.07) is 2.95. The van der Waals surface area contributed by atoms with Crippen molar-refractivity contribution < 1.29 is 9.53 Å². The second-order valence-corrected chi connectivity index (χ2v) is 5.91. The summed E-state index contributed by atoms with van der Waals surface area (Å²) in [5, 5.41) is 10.6. The van der Waals surface area contributed by atoms with Gasteiger partial charge in [-0.3, -0.25) is 9.59 Å². The van der Waals surface area contributed by atoms with Gasteiger partial charge in [0.15, 0.2) is 5.82 Å². The van der Waals surface area contributed by atoms with Gasteiger partial charge >= 0.3 is 0 Å². The fraction of sp³-hybridized carbons (Fsp3) is 0.500. The van der Waals surface area contributed by atoms with Crippen LogP contribution in [0.5, 0.6) is 0 Å². The molecule has 8 heteroatoms. The average molecular weight is 331 g/mol. The highest BCUT2D eigenvalue weighted by Crippen LogP contribution is 2.18. The van der Waals surface area contributed by atoms with E-state index in [1.165, 1.54) is 6.07 Å². The monoisotopic (exact) mass is 331 g/mol. The van der Waals surface area contributed by atoms with Crippen LogP contribution in [-0.2, 0) is 4.74 Å². The summed E-state index contributed by atoms with van der Waals surface area (Å²) in [7, 11) is 0. The Labute approximate surface area is 139 Å². The summed E-state index contributed by atoms with van der Waals surface area (Å²) >= 11 is 0. The molecule has 3 heterocycles. The van der Waals surface area contributed by atoms with Gasteiger partial charge < -0.3 is 9.64 Å². The first-order valence-electron chi connectivity index (χ1n) is 8.08. The van der Waals surface area contributed by atoms with Crippen LogP contribution in [0.25, 0.3) is 5.82 Å². The van der Waals surface area contributed by atoms with Crippen molar-refractivity contribution in [3.8, 4) is 5.82 Å². The molecule has 1 amide bonds. The number of aromatic nitrogens is 4. The van der Waals surface area contributed by atoms with Gasteiger partial charge in [-0.05, 0) is 26.3 Å². The topological polar surface area (TPSA) is 93.1 Å². The van der Waals surface area contributed by atoms with Crippen LogP contribution in [0.4, 0.5) is 0 Å². The van der Waals surface area contributed by atoms with Crippen molar-refractivity contribution in [1.29, 1.82) is 0 Å². The zero-order valence-electron chi connectivity index (χ0n) is 13.9. The van der Waals surface area contributed by atoms with Gasteiger partial charge in [0.2, 0.25) is 0 Å². The molecule has 2 aromatic heterocycles. The van der Waals surface area contributed by atoms with E-state index >= 15 is 0 Å². The summed E-state index contributed by atoms with van der Waals surface area (Å²) in [4.78, 5) is 25.8. The number of nitrogens with zero attached hydrogens (tertiary/aromatic N) is 4. The molecule has 0 radical (unpaired) electrons. The molecule has 1 aliphatic rings. The Balaban J connectivity index is 1.81. The van der Waals surface area contributed by atoms with E-state index in [0.29, 0.717) is 42.7 Å². The van der Waals surface area contributed by atoms with Crippen molar-refractivity contribution >= 4 is 5.91 Å². The lowest BCUT2D eigenvalue weighted by atomic mass is 10.1. The SMILES string of the molecule is CCN(C[C@H]1CCOC1)C(=O)c1cnn(-c2ccc(=O)[nH]n2)c1C. The molecule has 2 aromatic rings. The van der Waals surface area contributed by atoms with Gasteiger partial charge in [0, 0.05) is 31.7 Å². The molecule has 128 valence electrons. The number of aromatic amines is 1. The predicted molar refractivity (Wildman–Crippen MR) is 87.2 cm³/mol. The van der Waals surface area contributed by atoms with E-state index in [1.54, 1.807) is 16.9 Å². The maximum absolute atomic E-state index is 12.8. The maximum Gasteiger partial charge on any atom is 0.264 e. The summed E-state index contributed by atoms with van der Waals surface area (Å²) in [6.45, 7) is 6.60. The first-order chi connectivity index (χ1) is 11.6. The number of nitrogens with one attached hydrogen (secondary N) is 1. The van der Waals surface area contributed by atoms with Gasteiger partial charge in [0.05, 0.1) is 24.1 Å². The Bertz CT molecular complexity index is 756. The lowest BCUT2D eigenvalue weighted by Crippen LogP contribution is -2.35. The quantitative estimate of drug-likeness (QED) is 0.873. The van der Waals surface area contributed by atoms with Crippen LogP contribution in [0.1, 0.15) is 29.4 Å². The summed E-state index contributed by atoms with van der Waals surface area (Å²) in [5.74, 6) is 0.820. The highest BCUT2D eigenvalue weighted by Gasteiger charge is 2.25. The fourth-order valence-electron chi connectivity index (χ4n) is 2.87. The Hall–Kier alpha value is -2.48. The van der Waals surface area contributed by atoms with Crippen LogP contribution in [-0.4, -0.2) is 57.1 Å². The Kier molecular flexibility index (Phi) is 4.75. The minimum Gasteiger partial charge on any atom is -0.381 e.